The van der Waals surface area contributed by atoms with E-state index in [-0.39, 0.29) is 11.3 Å². The van der Waals surface area contributed by atoms with Gasteiger partial charge in [0.25, 0.3) is 5.69 Å². The zero-order valence-electron chi connectivity index (χ0n) is 14.6. The first kappa shape index (κ1) is 18.8. The van der Waals surface area contributed by atoms with E-state index in [1.165, 1.54) is 12.1 Å². The smallest absolute Gasteiger partial charge is 0.339 e. The molecule has 28 heavy (non-hydrogen) atoms. The minimum Gasteiger partial charge on any atom is -0.445 e. The molecule has 3 rings (SSSR count). The van der Waals surface area contributed by atoms with Gasteiger partial charge in [0.2, 0.25) is 5.78 Å². The van der Waals surface area contributed by atoms with Crippen molar-refractivity contribution >= 4 is 23.1 Å². The number of ketones is 1. The number of esters is 1. The molecular weight excluding hydrogens is 360 g/mol. The maximum atomic E-state index is 12.9. The summed E-state index contributed by atoms with van der Waals surface area (Å²) in [6.07, 6.45) is -1.19. The number of nitro benzene ring substituents is 1. The zero-order valence-corrected chi connectivity index (χ0v) is 14.6. The van der Waals surface area contributed by atoms with Crippen molar-refractivity contribution in [3.8, 4) is 0 Å². The molecule has 0 aliphatic heterocycles. The van der Waals surface area contributed by atoms with Crippen LogP contribution in [0.25, 0.3) is 0 Å². The Morgan fingerprint density at radius 1 is 0.893 bits per heavy atom. The van der Waals surface area contributed by atoms with E-state index in [9.17, 15) is 19.7 Å². The van der Waals surface area contributed by atoms with Gasteiger partial charge < -0.3 is 10.5 Å². The van der Waals surface area contributed by atoms with Crippen molar-refractivity contribution in [1.82, 2.24) is 0 Å². The van der Waals surface area contributed by atoms with Crippen LogP contribution in [0.4, 0.5) is 11.4 Å². The summed E-state index contributed by atoms with van der Waals surface area (Å²) in [6, 6.07) is 20.6. The average Bonchev–Trinajstić information content (AvgIpc) is 2.72. The number of ether oxygens (including phenoxy) is 1. The van der Waals surface area contributed by atoms with E-state index in [1.54, 1.807) is 60.7 Å². The quantitative estimate of drug-likeness (QED) is 0.229. The van der Waals surface area contributed by atoms with Crippen LogP contribution in [-0.4, -0.2) is 16.7 Å². The molecule has 7 heteroatoms. The summed E-state index contributed by atoms with van der Waals surface area (Å²) in [5.41, 5.74) is 5.90. The number of benzene rings is 3. The number of nitro groups is 1. The molecule has 0 saturated heterocycles. The molecule has 0 aromatic heterocycles. The van der Waals surface area contributed by atoms with Crippen LogP contribution in [0.15, 0.2) is 78.9 Å². The van der Waals surface area contributed by atoms with E-state index in [0.29, 0.717) is 11.1 Å². The van der Waals surface area contributed by atoms with Gasteiger partial charge in [-0.2, -0.15) is 0 Å². The fourth-order valence-electron chi connectivity index (χ4n) is 2.66. The predicted octanol–water partition coefficient (Wildman–Crippen LogP) is 3.96. The van der Waals surface area contributed by atoms with Crippen LogP contribution in [0.5, 0.6) is 0 Å². The van der Waals surface area contributed by atoms with Crippen LogP contribution in [0.1, 0.15) is 32.4 Å². The van der Waals surface area contributed by atoms with Gasteiger partial charge in [-0.25, -0.2) is 4.79 Å². The molecule has 0 fully saturated rings. The normalized spacial score (nSPS) is 11.4. The number of anilines is 1. The highest BCUT2D eigenvalue weighted by molar-refractivity contribution is 6.02. The summed E-state index contributed by atoms with van der Waals surface area (Å²) in [4.78, 5) is 35.9. The predicted molar refractivity (Wildman–Crippen MR) is 103 cm³/mol. The number of carbonyl (C=O) groups is 2. The van der Waals surface area contributed by atoms with Crippen LogP contribution in [0.3, 0.4) is 0 Å². The number of nitrogens with two attached hydrogens (primary N) is 1. The van der Waals surface area contributed by atoms with Gasteiger partial charge in [-0.3, -0.25) is 14.9 Å². The summed E-state index contributed by atoms with van der Waals surface area (Å²) in [5.74, 6) is -1.26. The number of nitrogen functional groups attached to an aromatic ring is 1. The highest BCUT2D eigenvalue weighted by atomic mass is 16.6. The maximum absolute atomic E-state index is 12.9. The Hall–Kier alpha value is -4.00. The average molecular weight is 376 g/mol. The Morgan fingerprint density at radius 3 is 2.11 bits per heavy atom. The molecule has 0 aliphatic carbocycles. The van der Waals surface area contributed by atoms with Crippen LogP contribution in [-0.2, 0) is 4.74 Å². The molecule has 0 heterocycles. The Kier molecular flexibility index (Phi) is 5.45. The van der Waals surface area contributed by atoms with Gasteiger partial charge in [0.05, 0.1) is 10.5 Å². The molecular formula is C21H16N2O5. The number of rotatable bonds is 6. The largest absolute Gasteiger partial charge is 0.445 e. The van der Waals surface area contributed by atoms with Gasteiger partial charge in [-0.15, -0.1) is 0 Å². The minimum absolute atomic E-state index is 0.0670. The Bertz CT molecular complexity index is 1020. The van der Waals surface area contributed by atoms with E-state index < -0.39 is 28.5 Å². The molecule has 3 aromatic carbocycles. The summed E-state index contributed by atoms with van der Waals surface area (Å²) >= 11 is 0. The van der Waals surface area contributed by atoms with Gasteiger partial charge in [0.1, 0.15) is 5.69 Å². The van der Waals surface area contributed by atoms with E-state index in [0.717, 1.165) is 6.07 Å². The Balaban J connectivity index is 1.94. The van der Waals surface area contributed by atoms with Crippen molar-refractivity contribution in [2.24, 2.45) is 0 Å². The molecule has 0 radical (unpaired) electrons. The van der Waals surface area contributed by atoms with Gasteiger partial charge in [0, 0.05) is 17.2 Å². The SMILES string of the molecule is Nc1ccc(C(=O)O[C@@H](C(=O)c2ccccc2)c2ccccc2)cc1[N+](=O)[O-]. The third kappa shape index (κ3) is 4.04. The Labute approximate surface area is 160 Å². The molecule has 0 unspecified atom stereocenters. The lowest BCUT2D eigenvalue weighted by molar-refractivity contribution is -0.383. The molecule has 140 valence electrons. The van der Waals surface area contributed by atoms with Crippen molar-refractivity contribution in [3.63, 3.8) is 0 Å². The van der Waals surface area contributed by atoms with Crippen LogP contribution < -0.4 is 5.73 Å². The first-order chi connectivity index (χ1) is 13.5. The number of nitrogens with zero attached hydrogens (tertiary/aromatic N) is 1. The summed E-state index contributed by atoms with van der Waals surface area (Å²) < 4.78 is 5.46. The lowest BCUT2D eigenvalue weighted by Gasteiger charge is -2.17. The fourth-order valence-corrected chi connectivity index (χ4v) is 2.66. The molecule has 7 nitrogen and oxygen atoms in total. The summed E-state index contributed by atoms with van der Waals surface area (Å²) in [6.45, 7) is 0. The van der Waals surface area contributed by atoms with E-state index >= 15 is 0 Å². The van der Waals surface area contributed by atoms with Gasteiger partial charge in [-0.1, -0.05) is 60.7 Å². The molecule has 0 saturated carbocycles. The molecule has 0 bridgehead atoms. The molecule has 0 amide bonds. The molecule has 0 aliphatic rings. The van der Waals surface area contributed by atoms with Crippen molar-refractivity contribution in [2.75, 3.05) is 5.73 Å². The number of hydrogen-bond acceptors (Lipinski definition) is 6. The zero-order chi connectivity index (χ0) is 20.1. The van der Waals surface area contributed by atoms with E-state index in [2.05, 4.69) is 0 Å². The molecule has 0 spiro atoms. The first-order valence-corrected chi connectivity index (χ1v) is 8.36. The van der Waals surface area contributed by atoms with Crippen molar-refractivity contribution in [3.05, 3.63) is 106 Å². The van der Waals surface area contributed by atoms with Crippen molar-refractivity contribution in [1.29, 1.82) is 0 Å². The monoisotopic (exact) mass is 376 g/mol. The molecule has 1 atom stereocenters. The first-order valence-electron chi connectivity index (χ1n) is 8.36. The van der Waals surface area contributed by atoms with Crippen LogP contribution >= 0.6 is 0 Å². The van der Waals surface area contributed by atoms with E-state index in [4.69, 9.17) is 10.5 Å². The number of hydrogen-bond donors (Lipinski definition) is 1. The maximum Gasteiger partial charge on any atom is 0.339 e. The van der Waals surface area contributed by atoms with E-state index in [1.807, 2.05) is 0 Å². The highest BCUT2D eigenvalue weighted by Gasteiger charge is 2.27. The summed E-state index contributed by atoms with van der Waals surface area (Å²) in [5, 5.41) is 11.1. The van der Waals surface area contributed by atoms with Crippen molar-refractivity contribution < 1.29 is 19.2 Å². The third-order valence-corrected chi connectivity index (χ3v) is 4.09. The number of Topliss-reactive ketones (excluding diaryl/α,β-unsaturated/α-hetero) is 1. The molecule has 2 N–H and O–H groups in total. The van der Waals surface area contributed by atoms with Gasteiger partial charge in [0.15, 0.2) is 6.10 Å². The lowest BCUT2D eigenvalue weighted by Crippen LogP contribution is -2.20. The lowest BCUT2D eigenvalue weighted by atomic mass is 9.99. The van der Waals surface area contributed by atoms with Crippen LogP contribution in [0, 0.1) is 10.1 Å². The second-order valence-electron chi connectivity index (χ2n) is 5.96. The second-order valence-corrected chi connectivity index (χ2v) is 5.96. The van der Waals surface area contributed by atoms with Gasteiger partial charge >= 0.3 is 5.97 Å². The van der Waals surface area contributed by atoms with Crippen LogP contribution in [0.2, 0.25) is 0 Å². The minimum atomic E-state index is -1.19. The van der Waals surface area contributed by atoms with Crippen molar-refractivity contribution in [2.45, 2.75) is 6.10 Å². The van der Waals surface area contributed by atoms with Gasteiger partial charge in [-0.05, 0) is 12.1 Å². The highest BCUT2D eigenvalue weighted by Crippen LogP contribution is 2.27. The topological polar surface area (TPSA) is 113 Å². The fraction of sp³-hybridized carbons (Fsp3) is 0.0476. The standard InChI is InChI=1S/C21H16N2O5/c22-17-12-11-16(13-18(17)23(26)27)21(25)28-20(15-9-5-2-6-10-15)19(24)14-7-3-1-4-8-14/h1-13,20H,22H2/t20-/m1/s1. The number of carbonyl (C=O) groups excluding carboxylic acids is 2. The summed E-state index contributed by atoms with van der Waals surface area (Å²) in [7, 11) is 0. The molecule has 3 aromatic rings. The second kappa shape index (κ2) is 8.13. The third-order valence-electron chi connectivity index (χ3n) is 4.09. The Morgan fingerprint density at radius 2 is 1.50 bits per heavy atom.